The number of hydrogen-bond donors (Lipinski definition) is 0. The summed E-state index contributed by atoms with van der Waals surface area (Å²) >= 11 is 0. The van der Waals surface area contributed by atoms with Gasteiger partial charge in [-0.2, -0.15) is 0 Å². The standard InChI is InChI=1S/C18H20FN3O2/c1-12-8-15(12)18(23)22-9-13-4-3-7-21(13)10-14(11-22)24-17-16(19)5-2-6-20-17/h2-7,12,14-15H,8-11H2,1H3. The molecule has 5 nitrogen and oxygen atoms in total. The van der Waals surface area contributed by atoms with Crippen LogP contribution in [0, 0.1) is 17.7 Å². The third-order valence-electron chi connectivity index (χ3n) is 4.84. The SMILES string of the molecule is CC1CC1C(=O)N1Cc2cccn2CC(Oc2ncccc2F)C1. The van der Waals surface area contributed by atoms with Crippen molar-refractivity contribution in [3.8, 4) is 5.88 Å². The first kappa shape index (κ1) is 15.2. The van der Waals surface area contributed by atoms with Crippen molar-refractivity contribution >= 4 is 5.91 Å². The lowest BCUT2D eigenvalue weighted by Gasteiger charge is -2.24. The van der Waals surface area contributed by atoms with E-state index in [0.717, 1.165) is 12.1 Å². The molecule has 0 radical (unpaired) electrons. The van der Waals surface area contributed by atoms with Gasteiger partial charge in [-0.3, -0.25) is 4.79 Å². The summed E-state index contributed by atoms with van der Waals surface area (Å²) in [5.41, 5.74) is 1.07. The molecule has 2 aromatic heterocycles. The van der Waals surface area contributed by atoms with Crippen LogP contribution < -0.4 is 4.74 Å². The van der Waals surface area contributed by atoms with E-state index in [0.29, 0.717) is 25.6 Å². The first-order valence-corrected chi connectivity index (χ1v) is 8.32. The number of ether oxygens (including phenoxy) is 1. The first-order chi connectivity index (χ1) is 11.6. The molecule has 126 valence electrons. The van der Waals surface area contributed by atoms with Gasteiger partial charge >= 0.3 is 0 Å². The minimum Gasteiger partial charge on any atom is -0.468 e. The molecule has 0 saturated heterocycles. The number of carbonyl (C=O) groups excluding carboxylic acids is 1. The van der Waals surface area contributed by atoms with Crippen molar-refractivity contribution in [2.24, 2.45) is 11.8 Å². The van der Waals surface area contributed by atoms with Crippen molar-refractivity contribution in [2.45, 2.75) is 32.5 Å². The Balaban J connectivity index is 1.57. The third kappa shape index (κ3) is 2.88. The van der Waals surface area contributed by atoms with Crippen molar-refractivity contribution in [2.75, 3.05) is 6.54 Å². The lowest BCUT2D eigenvalue weighted by atomic mass is 10.2. The highest BCUT2D eigenvalue weighted by Crippen LogP contribution is 2.39. The highest BCUT2D eigenvalue weighted by Gasteiger charge is 2.42. The Morgan fingerprint density at radius 3 is 2.92 bits per heavy atom. The molecule has 24 heavy (non-hydrogen) atoms. The second kappa shape index (κ2) is 5.92. The Bertz CT molecular complexity index is 760. The van der Waals surface area contributed by atoms with Gasteiger partial charge in [0.05, 0.1) is 19.6 Å². The van der Waals surface area contributed by atoms with Crippen LogP contribution in [0.5, 0.6) is 5.88 Å². The van der Waals surface area contributed by atoms with E-state index in [1.54, 1.807) is 0 Å². The molecule has 3 atom stereocenters. The highest BCUT2D eigenvalue weighted by atomic mass is 19.1. The Labute approximate surface area is 140 Å². The zero-order chi connectivity index (χ0) is 16.7. The molecule has 2 aromatic rings. The summed E-state index contributed by atoms with van der Waals surface area (Å²) in [7, 11) is 0. The number of fused-ring (bicyclic) bond motifs is 1. The van der Waals surface area contributed by atoms with Gasteiger partial charge in [-0.05, 0) is 36.6 Å². The molecule has 1 fully saturated rings. The van der Waals surface area contributed by atoms with Gasteiger partial charge in [0.15, 0.2) is 5.82 Å². The Kier molecular flexibility index (Phi) is 3.75. The van der Waals surface area contributed by atoms with Crippen LogP contribution in [-0.4, -0.2) is 33.0 Å². The summed E-state index contributed by atoms with van der Waals surface area (Å²) in [6.45, 7) is 3.68. The van der Waals surface area contributed by atoms with Gasteiger partial charge in [-0.25, -0.2) is 9.37 Å². The van der Waals surface area contributed by atoms with Gasteiger partial charge in [-0.15, -0.1) is 0 Å². The Morgan fingerprint density at radius 2 is 2.17 bits per heavy atom. The molecule has 3 unspecified atom stereocenters. The van der Waals surface area contributed by atoms with Gasteiger partial charge in [0.1, 0.15) is 6.10 Å². The maximum atomic E-state index is 13.9. The molecular formula is C18H20FN3O2. The van der Waals surface area contributed by atoms with Crippen LogP contribution in [0.15, 0.2) is 36.7 Å². The van der Waals surface area contributed by atoms with Gasteiger partial charge in [-0.1, -0.05) is 6.92 Å². The first-order valence-electron chi connectivity index (χ1n) is 8.32. The summed E-state index contributed by atoms with van der Waals surface area (Å²) in [4.78, 5) is 18.5. The Morgan fingerprint density at radius 1 is 1.33 bits per heavy atom. The number of aromatic nitrogens is 2. The van der Waals surface area contributed by atoms with Gasteiger partial charge in [0.25, 0.3) is 5.88 Å². The van der Waals surface area contributed by atoms with Crippen LogP contribution >= 0.6 is 0 Å². The Hall–Kier alpha value is -2.37. The lowest BCUT2D eigenvalue weighted by Crippen LogP contribution is -2.39. The maximum Gasteiger partial charge on any atom is 0.250 e. The van der Waals surface area contributed by atoms with Crippen LogP contribution in [0.2, 0.25) is 0 Å². The topological polar surface area (TPSA) is 47.4 Å². The maximum absolute atomic E-state index is 13.9. The van der Waals surface area contributed by atoms with E-state index in [9.17, 15) is 9.18 Å². The molecule has 0 bridgehead atoms. The molecule has 0 aromatic carbocycles. The van der Waals surface area contributed by atoms with Crippen molar-refractivity contribution in [3.05, 3.63) is 48.2 Å². The van der Waals surface area contributed by atoms with Crippen molar-refractivity contribution in [1.29, 1.82) is 0 Å². The number of pyridine rings is 1. The molecule has 1 amide bonds. The van der Waals surface area contributed by atoms with Gasteiger partial charge in [0.2, 0.25) is 5.91 Å². The summed E-state index contributed by atoms with van der Waals surface area (Å²) in [6.07, 6.45) is 4.09. The minimum absolute atomic E-state index is 0.00899. The van der Waals surface area contributed by atoms with Gasteiger partial charge < -0.3 is 14.2 Å². The van der Waals surface area contributed by atoms with Crippen LogP contribution in [0.3, 0.4) is 0 Å². The molecule has 1 aliphatic heterocycles. The molecule has 1 saturated carbocycles. The van der Waals surface area contributed by atoms with Crippen molar-refractivity contribution in [3.63, 3.8) is 0 Å². The van der Waals surface area contributed by atoms with Crippen molar-refractivity contribution < 1.29 is 13.9 Å². The number of amides is 1. The summed E-state index contributed by atoms with van der Waals surface area (Å²) < 4.78 is 21.7. The molecule has 6 heteroatoms. The molecule has 1 aliphatic carbocycles. The van der Waals surface area contributed by atoms with Crippen LogP contribution in [0.25, 0.3) is 0 Å². The normalized spacial score (nSPS) is 25.8. The average Bonchev–Trinajstić information content (AvgIpc) is 3.19. The van der Waals surface area contributed by atoms with Gasteiger partial charge in [0, 0.05) is 24.0 Å². The monoisotopic (exact) mass is 329 g/mol. The van der Waals surface area contributed by atoms with E-state index in [-0.39, 0.29) is 23.8 Å². The predicted molar refractivity (Wildman–Crippen MR) is 85.7 cm³/mol. The highest BCUT2D eigenvalue weighted by molar-refractivity contribution is 5.81. The summed E-state index contributed by atoms with van der Waals surface area (Å²) in [5.74, 6) is 0.264. The van der Waals surface area contributed by atoms with Crippen molar-refractivity contribution in [1.82, 2.24) is 14.5 Å². The van der Waals surface area contributed by atoms with E-state index in [4.69, 9.17) is 4.74 Å². The van der Waals surface area contributed by atoms with E-state index in [2.05, 4.69) is 16.5 Å². The zero-order valence-electron chi connectivity index (χ0n) is 13.6. The second-order valence-electron chi connectivity index (χ2n) is 6.72. The molecular weight excluding hydrogens is 309 g/mol. The fourth-order valence-electron chi connectivity index (χ4n) is 3.31. The number of carbonyl (C=O) groups is 1. The largest absolute Gasteiger partial charge is 0.468 e. The van der Waals surface area contributed by atoms with Crippen LogP contribution in [0.1, 0.15) is 19.0 Å². The lowest BCUT2D eigenvalue weighted by molar-refractivity contribution is -0.134. The molecule has 2 aliphatic rings. The van der Waals surface area contributed by atoms with E-state index < -0.39 is 5.82 Å². The minimum atomic E-state index is -0.483. The third-order valence-corrected chi connectivity index (χ3v) is 4.84. The number of rotatable bonds is 3. The summed E-state index contributed by atoms with van der Waals surface area (Å²) in [6, 6.07) is 6.83. The summed E-state index contributed by atoms with van der Waals surface area (Å²) in [5, 5.41) is 0. The van der Waals surface area contributed by atoms with Crippen LogP contribution in [0.4, 0.5) is 4.39 Å². The fourth-order valence-corrected chi connectivity index (χ4v) is 3.31. The molecule has 0 N–H and O–H groups in total. The molecule has 4 rings (SSSR count). The van der Waals surface area contributed by atoms with Crippen LogP contribution in [-0.2, 0) is 17.9 Å². The van der Waals surface area contributed by atoms with E-state index >= 15 is 0 Å². The molecule has 0 spiro atoms. The quantitative estimate of drug-likeness (QED) is 0.869. The number of hydrogen-bond acceptors (Lipinski definition) is 3. The number of halogens is 1. The van der Waals surface area contributed by atoms with E-state index in [1.807, 2.05) is 23.2 Å². The second-order valence-corrected chi connectivity index (χ2v) is 6.72. The smallest absolute Gasteiger partial charge is 0.250 e. The van der Waals surface area contributed by atoms with E-state index in [1.165, 1.54) is 18.3 Å². The molecule has 3 heterocycles. The zero-order valence-corrected chi connectivity index (χ0v) is 13.6. The average molecular weight is 329 g/mol. The fraction of sp³-hybridized carbons (Fsp3) is 0.444. The number of nitrogens with zero attached hydrogens (tertiary/aromatic N) is 3. The predicted octanol–water partition coefficient (Wildman–Crippen LogP) is 2.47.